The summed E-state index contributed by atoms with van der Waals surface area (Å²) in [4.78, 5) is 52.0. The summed E-state index contributed by atoms with van der Waals surface area (Å²) in [5.74, 6) is -2.65. The van der Waals surface area contributed by atoms with Crippen LogP contribution in [0.1, 0.15) is 18.9 Å². The summed E-state index contributed by atoms with van der Waals surface area (Å²) >= 11 is 13.2. The van der Waals surface area contributed by atoms with Crippen LogP contribution in [0.15, 0.2) is 18.2 Å². The van der Waals surface area contributed by atoms with E-state index in [4.69, 9.17) is 16.3 Å². The molecular formula is C21H21Br2ClN2O5. The second-order valence-corrected chi connectivity index (χ2v) is 10.9. The number of nitrogens with zero attached hydrogens (tertiary/aromatic N) is 1. The maximum absolute atomic E-state index is 13.0. The molecule has 1 N–H and O–H groups in total. The molecular weight excluding hydrogens is 556 g/mol. The van der Waals surface area contributed by atoms with Crippen LogP contribution in [-0.2, 0) is 23.9 Å². The Morgan fingerprint density at radius 2 is 1.77 bits per heavy atom. The molecule has 1 aromatic rings. The van der Waals surface area contributed by atoms with Crippen LogP contribution in [0.5, 0.6) is 0 Å². The largest absolute Gasteiger partial charge is 0.454 e. The Balaban J connectivity index is 1.37. The van der Waals surface area contributed by atoms with Gasteiger partial charge in [0.1, 0.15) is 6.04 Å². The molecule has 3 aliphatic rings. The first-order valence-corrected chi connectivity index (χ1v) is 12.2. The molecule has 10 heteroatoms. The van der Waals surface area contributed by atoms with Crippen LogP contribution in [0.3, 0.4) is 0 Å². The van der Waals surface area contributed by atoms with Crippen molar-refractivity contribution in [1.82, 2.24) is 4.90 Å². The van der Waals surface area contributed by atoms with Gasteiger partial charge in [-0.3, -0.25) is 19.3 Å². The predicted octanol–water partition coefficient (Wildman–Crippen LogP) is 3.30. The maximum atomic E-state index is 13.0. The Labute approximate surface area is 201 Å². The summed E-state index contributed by atoms with van der Waals surface area (Å²) in [6, 6.07) is 3.97. The summed E-state index contributed by atoms with van der Waals surface area (Å²) in [5, 5.41) is 3.10. The minimum Gasteiger partial charge on any atom is -0.454 e. The second-order valence-electron chi connectivity index (χ2n) is 8.34. The molecule has 2 aliphatic carbocycles. The van der Waals surface area contributed by atoms with Crippen LogP contribution < -0.4 is 5.32 Å². The minimum absolute atomic E-state index is 0.0655. The number of ether oxygens (including phenoxy) is 1. The lowest BCUT2D eigenvalue weighted by atomic mass is 9.81. The van der Waals surface area contributed by atoms with E-state index in [1.807, 2.05) is 6.92 Å². The molecule has 0 radical (unpaired) electrons. The van der Waals surface area contributed by atoms with Crippen molar-refractivity contribution >= 4 is 72.8 Å². The number of likely N-dealkylation sites (tertiary alicyclic amines) is 1. The van der Waals surface area contributed by atoms with Gasteiger partial charge in [-0.2, -0.15) is 0 Å². The number of rotatable bonds is 5. The van der Waals surface area contributed by atoms with Gasteiger partial charge in [-0.15, -0.1) is 0 Å². The van der Waals surface area contributed by atoms with E-state index in [1.165, 1.54) is 6.92 Å². The molecule has 1 heterocycles. The average molecular weight is 577 g/mol. The van der Waals surface area contributed by atoms with E-state index in [2.05, 4.69) is 37.2 Å². The van der Waals surface area contributed by atoms with Gasteiger partial charge in [0.05, 0.1) is 11.8 Å². The van der Waals surface area contributed by atoms with Gasteiger partial charge in [-0.25, -0.2) is 4.79 Å². The number of carbonyl (C=O) groups is 4. The molecule has 1 aromatic carbocycles. The fraction of sp³-hybridized carbons (Fsp3) is 0.524. The summed E-state index contributed by atoms with van der Waals surface area (Å²) in [6.07, 6.45) is 0.814. The zero-order chi connectivity index (χ0) is 22.6. The number of hydrogen-bond acceptors (Lipinski definition) is 5. The van der Waals surface area contributed by atoms with Gasteiger partial charge in [0.2, 0.25) is 11.8 Å². The number of alkyl halides is 2. The Kier molecular flexibility index (Phi) is 6.22. The summed E-state index contributed by atoms with van der Waals surface area (Å²) in [7, 11) is 0. The fourth-order valence-electron chi connectivity index (χ4n) is 5.03. The van der Waals surface area contributed by atoms with Gasteiger partial charge in [-0.1, -0.05) is 49.5 Å². The van der Waals surface area contributed by atoms with Crippen molar-refractivity contribution in [3.8, 4) is 0 Å². The van der Waals surface area contributed by atoms with Gasteiger partial charge in [0.25, 0.3) is 5.91 Å². The van der Waals surface area contributed by atoms with Gasteiger partial charge >= 0.3 is 5.97 Å². The average Bonchev–Trinajstić information content (AvgIpc) is 3.33. The number of aryl methyl sites for hydroxylation is 1. The van der Waals surface area contributed by atoms with E-state index in [9.17, 15) is 19.2 Å². The lowest BCUT2D eigenvalue weighted by molar-refractivity contribution is -0.159. The highest BCUT2D eigenvalue weighted by atomic mass is 79.9. The van der Waals surface area contributed by atoms with Crippen molar-refractivity contribution in [2.45, 2.75) is 36.0 Å². The number of esters is 1. The molecule has 4 rings (SSSR count). The molecule has 7 atom stereocenters. The SMILES string of the molecule is Cc1ccc(Cl)cc1NC(=O)COC(=O)[C@H](C)N1C(=O)[C@@H]2[C@H]3C[C@@H]([C@@H](Br)[C@H]3Br)[C@H]2C1=O. The molecule has 0 unspecified atom stereocenters. The number of hydrogen-bond donors (Lipinski definition) is 1. The molecule has 0 spiro atoms. The first kappa shape index (κ1) is 22.7. The molecule has 7 nitrogen and oxygen atoms in total. The number of anilines is 1. The lowest BCUT2D eigenvalue weighted by Crippen LogP contribution is -2.45. The smallest absolute Gasteiger partial charge is 0.329 e. The summed E-state index contributed by atoms with van der Waals surface area (Å²) < 4.78 is 5.10. The van der Waals surface area contributed by atoms with E-state index in [0.717, 1.165) is 16.9 Å². The van der Waals surface area contributed by atoms with Gasteiger partial charge < -0.3 is 10.1 Å². The first-order chi connectivity index (χ1) is 14.6. The van der Waals surface area contributed by atoms with E-state index in [0.29, 0.717) is 10.7 Å². The molecule has 166 valence electrons. The van der Waals surface area contributed by atoms with Crippen molar-refractivity contribution < 1.29 is 23.9 Å². The van der Waals surface area contributed by atoms with E-state index >= 15 is 0 Å². The Morgan fingerprint density at radius 1 is 1.19 bits per heavy atom. The predicted molar refractivity (Wildman–Crippen MR) is 121 cm³/mol. The maximum Gasteiger partial charge on any atom is 0.329 e. The van der Waals surface area contributed by atoms with Crippen molar-refractivity contribution in [2.24, 2.45) is 23.7 Å². The quantitative estimate of drug-likeness (QED) is 0.330. The number of halogens is 3. The fourth-order valence-corrected chi connectivity index (χ4v) is 7.08. The van der Waals surface area contributed by atoms with E-state index in [-0.39, 0.29) is 33.3 Å². The molecule has 1 aliphatic heterocycles. The Hall–Kier alpha value is -1.45. The Bertz CT molecular complexity index is 941. The van der Waals surface area contributed by atoms with Crippen molar-refractivity contribution in [3.63, 3.8) is 0 Å². The normalized spacial score (nSPS) is 32.2. The summed E-state index contributed by atoms with van der Waals surface area (Å²) in [5.41, 5.74) is 1.32. The molecule has 3 amide bonds. The van der Waals surface area contributed by atoms with Crippen LogP contribution in [0.2, 0.25) is 5.02 Å². The van der Waals surface area contributed by atoms with Crippen LogP contribution in [0.4, 0.5) is 5.69 Å². The van der Waals surface area contributed by atoms with Crippen molar-refractivity contribution in [1.29, 1.82) is 0 Å². The number of imide groups is 1. The van der Waals surface area contributed by atoms with Crippen molar-refractivity contribution in [3.05, 3.63) is 28.8 Å². The van der Waals surface area contributed by atoms with Crippen LogP contribution in [0.25, 0.3) is 0 Å². The highest BCUT2D eigenvalue weighted by Crippen LogP contribution is 2.60. The first-order valence-electron chi connectivity index (χ1n) is 9.99. The zero-order valence-electron chi connectivity index (χ0n) is 16.8. The topological polar surface area (TPSA) is 92.8 Å². The molecule has 2 saturated carbocycles. The number of nitrogens with one attached hydrogen (secondary N) is 1. The van der Waals surface area contributed by atoms with Gasteiger partial charge in [0.15, 0.2) is 6.61 Å². The number of amides is 3. The Morgan fingerprint density at radius 3 is 2.35 bits per heavy atom. The third kappa shape index (κ3) is 3.82. The number of fused-ring (bicyclic) bond motifs is 5. The van der Waals surface area contributed by atoms with E-state index in [1.54, 1.807) is 18.2 Å². The standard InChI is InChI=1S/C21H21Br2ClN2O5/c1-8-3-4-10(24)5-13(8)25-14(27)7-31-21(30)9(2)26-19(28)15-11-6-12(16(15)20(26)29)18(23)17(11)22/h3-5,9,11-12,15-18H,6-7H2,1-2H3,(H,25,27)/t9-,11+,12+,15+,16+,17-,18+/m0/s1. The third-order valence-corrected chi connectivity index (χ3v) is 10.0. The highest BCUT2D eigenvalue weighted by Gasteiger charge is 2.67. The molecule has 0 aromatic heterocycles. The van der Waals surface area contributed by atoms with Crippen LogP contribution in [-0.4, -0.2) is 50.9 Å². The molecule has 3 fully saturated rings. The highest BCUT2D eigenvalue weighted by molar-refractivity contribution is 9.12. The zero-order valence-corrected chi connectivity index (χ0v) is 20.7. The summed E-state index contributed by atoms with van der Waals surface area (Å²) in [6.45, 7) is 2.73. The third-order valence-electron chi connectivity index (χ3n) is 6.57. The molecule has 2 bridgehead atoms. The molecule has 31 heavy (non-hydrogen) atoms. The van der Waals surface area contributed by atoms with Crippen LogP contribution >= 0.6 is 43.5 Å². The van der Waals surface area contributed by atoms with E-state index < -0.39 is 36.4 Å². The van der Waals surface area contributed by atoms with Gasteiger partial charge in [0, 0.05) is 20.4 Å². The molecule has 1 saturated heterocycles. The van der Waals surface area contributed by atoms with Crippen LogP contribution in [0, 0.1) is 30.6 Å². The monoisotopic (exact) mass is 574 g/mol. The second kappa shape index (κ2) is 8.48. The number of carbonyl (C=O) groups excluding carboxylic acids is 4. The lowest BCUT2D eigenvalue weighted by Gasteiger charge is -2.28. The van der Waals surface area contributed by atoms with Crippen molar-refractivity contribution in [2.75, 3.05) is 11.9 Å². The minimum atomic E-state index is -1.09. The number of benzene rings is 1. The van der Waals surface area contributed by atoms with Gasteiger partial charge in [-0.05, 0) is 49.8 Å².